The largest absolute Gasteiger partial charge is 0.352 e. The Balaban J connectivity index is 2.52. The van der Waals surface area contributed by atoms with E-state index >= 15 is 0 Å². The Morgan fingerprint density at radius 1 is 1.26 bits per heavy atom. The molecule has 108 valence electrons. The number of amides is 1. The van der Waals surface area contributed by atoms with Gasteiger partial charge in [0, 0.05) is 17.0 Å². The van der Waals surface area contributed by atoms with E-state index in [2.05, 4.69) is 48.9 Å². The first-order valence-corrected chi connectivity index (χ1v) is 8.10. The predicted molar refractivity (Wildman–Crippen MR) is 82.5 cm³/mol. The van der Waals surface area contributed by atoms with Crippen molar-refractivity contribution in [3.05, 3.63) is 22.4 Å². The summed E-state index contributed by atoms with van der Waals surface area (Å²) in [6.07, 6.45) is 2.96. The van der Waals surface area contributed by atoms with Crippen molar-refractivity contribution >= 4 is 17.2 Å². The van der Waals surface area contributed by atoms with E-state index in [0.717, 1.165) is 19.3 Å². The molecule has 1 amide bonds. The van der Waals surface area contributed by atoms with E-state index in [1.807, 2.05) is 6.92 Å². The second-order valence-electron chi connectivity index (χ2n) is 4.89. The van der Waals surface area contributed by atoms with E-state index < -0.39 is 0 Å². The standard InChI is InChI=1S/C15H26N2OS/c1-5-12(6-2)17-15(18)11(4)16-13(7-3)14-9-8-10-19-14/h8-13,16H,5-7H2,1-4H3,(H,17,18). The maximum atomic E-state index is 12.1. The summed E-state index contributed by atoms with van der Waals surface area (Å²) < 4.78 is 0. The molecule has 0 fully saturated rings. The highest BCUT2D eigenvalue weighted by Crippen LogP contribution is 2.22. The molecule has 1 aromatic rings. The van der Waals surface area contributed by atoms with Gasteiger partial charge in [-0.1, -0.05) is 26.8 Å². The quantitative estimate of drug-likeness (QED) is 0.766. The number of thiophene rings is 1. The van der Waals surface area contributed by atoms with Crippen LogP contribution in [0.4, 0.5) is 0 Å². The minimum absolute atomic E-state index is 0.101. The summed E-state index contributed by atoms with van der Waals surface area (Å²) >= 11 is 1.74. The van der Waals surface area contributed by atoms with Crippen LogP contribution in [0, 0.1) is 0 Å². The van der Waals surface area contributed by atoms with E-state index in [0.29, 0.717) is 6.04 Å². The van der Waals surface area contributed by atoms with Gasteiger partial charge in [0.15, 0.2) is 0 Å². The van der Waals surface area contributed by atoms with Gasteiger partial charge in [0.1, 0.15) is 0 Å². The highest BCUT2D eigenvalue weighted by Gasteiger charge is 2.19. The molecule has 4 heteroatoms. The molecule has 0 saturated heterocycles. The van der Waals surface area contributed by atoms with Crippen LogP contribution in [-0.4, -0.2) is 18.0 Å². The van der Waals surface area contributed by atoms with Gasteiger partial charge in [-0.15, -0.1) is 11.3 Å². The fraction of sp³-hybridized carbons (Fsp3) is 0.667. The first kappa shape index (κ1) is 16.2. The van der Waals surface area contributed by atoms with Crippen LogP contribution in [0.15, 0.2) is 17.5 Å². The fourth-order valence-corrected chi connectivity index (χ4v) is 2.96. The Morgan fingerprint density at radius 3 is 2.42 bits per heavy atom. The molecule has 1 aromatic heterocycles. The third kappa shape index (κ3) is 4.96. The van der Waals surface area contributed by atoms with Crippen molar-refractivity contribution in [1.82, 2.24) is 10.6 Å². The van der Waals surface area contributed by atoms with Gasteiger partial charge in [0.2, 0.25) is 5.91 Å². The Labute approximate surface area is 120 Å². The van der Waals surface area contributed by atoms with Gasteiger partial charge in [-0.3, -0.25) is 10.1 Å². The van der Waals surface area contributed by atoms with Crippen LogP contribution in [0.3, 0.4) is 0 Å². The lowest BCUT2D eigenvalue weighted by Crippen LogP contribution is -2.46. The second kappa shape index (κ2) is 8.33. The summed E-state index contributed by atoms with van der Waals surface area (Å²) in [6.45, 7) is 8.29. The predicted octanol–water partition coefficient (Wildman–Crippen LogP) is 3.48. The number of carbonyl (C=O) groups is 1. The van der Waals surface area contributed by atoms with Crippen LogP contribution in [0.1, 0.15) is 57.9 Å². The molecule has 1 rings (SSSR count). The Kier molecular flexibility index (Phi) is 7.10. The zero-order valence-electron chi connectivity index (χ0n) is 12.4. The summed E-state index contributed by atoms with van der Waals surface area (Å²) in [5, 5.41) is 8.59. The maximum Gasteiger partial charge on any atom is 0.237 e. The van der Waals surface area contributed by atoms with Crippen molar-refractivity contribution in [1.29, 1.82) is 0 Å². The van der Waals surface area contributed by atoms with Gasteiger partial charge < -0.3 is 5.32 Å². The van der Waals surface area contributed by atoms with Crippen molar-refractivity contribution in [2.75, 3.05) is 0 Å². The van der Waals surface area contributed by atoms with Crippen LogP contribution in [0.25, 0.3) is 0 Å². The van der Waals surface area contributed by atoms with Crippen molar-refractivity contribution in [3.8, 4) is 0 Å². The molecule has 2 atom stereocenters. The van der Waals surface area contributed by atoms with Gasteiger partial charge in [-0.25, -0.2) is 0 Å². The van der Waals surface area contributed by atoms with Crippen molar-refractivity contribution in [3.63, 3.8) is 0 Å². The summed E-state index contributed by atoms with van der Waals surface area (Å²) in [5.74, 6) is 0.101. The van der Waals surface area contributed by atoms with E-state index in [1.165, 1.54) is 4.88 Å². The fourth-order valence-electron chi connectivity index (χ4n) is 2.09. The minimum Gasteiger partial charge on any atom is -0.352 e. The number of hydrogen-bond acceptors (Lipinski definition) is 3. The molecule has 19 heavy (non-hydrogen) atoms. The van der Waals surface area contributed by atoms with Crippen LogP contribution >= 0.6 is 11.3 Å². The molecule has 1 heterocycles. The van der Waals surface area contributed by atoms with Gasteiger partial charge in [-0.05, 0) is 37.6 Å². The molecule has 0 bridgehead atoms. The Hall–Kier alpha value is -0.870. The first-order valence-electron chi connectivity index (χ1n) is 7.22. The third-order valence-corrected chi connectivity index (χ3v) is 4.46. The highest BCUT2D eigenvalue weighted by molar-refractivity contribution is 7.10. The topological polar surface area (TPSA) is 41.1 Å². The number of rotatable bonds is 8. The van der Waals surface area contributed by atoms with Crippen LogP contribution < -0.4 is 10.6 Å². The van der Waals surface area contributed by atoms with Crippen LogP contribution in [-0.2, 0) is 4.79 Å². The first-order chi connectivity index (χ1) is 9.12. The van der Waals surface area contributed by atoms with Crippen LogP contribution in [0.2, 0.25) is 0 Å². The second-order valence-corrected chi connectivity index (χ2v) is 5.87. The number of nitrogens with one attached hydrogen (secondary N) is 2. The van der Waals surface area contributed by atoms with E-state index in [4.69, 9.17) is 0 Å². The monoisotopic (exact) mass is 282 g/mol. The molecule has 0 aliphatic rings. The average molecular weight is 282 g/mol. The summed E-state index contributed by atoms with van der Waals surface area (Å²) in [6, 6.07) is 4.57. The summed E-state index contributed by atoms with van der Waals surface area (Å²) in [5.41, 5.74) is 0. The zero-order chi connectivity index (χ0) is 14.3. The normalized spacial score (nSPS) is 14.4. The minimum atomic E-state index is -0.160. The summed E-state index contributed by atoms with van der Waals surface area (Å²) in [7, 11) is 0. The van der Waals surface area contributed by atoms with Crippen molar-refractivity contribution in [2.24, 2.45) is 0 Å². The molecular weight excluding hydrogens is 256 g/mol. The molecule has 0 radical (unpaired) electrons. The van der Waals surface area contributed by atoms with Gasteiger partial charge in [0.25, 0.3) is 0 Å². The van der Waals surface area contributed by atoms with Crippen molar-refractivity contribution in [2.45, 2.75) is 65.1 Å². The molecular formula is C15H26N2OS. The molecule has 0 aliphatic heterocycles. The Bertz CT molecular complexity index is 360. The van der Waals surface area contributed by atoms with Gasteiger partial charge in [0.05, 0.1) is 6.04 Å². The zero-order valence-corrected chi connectivity index (χ0v) is 13.2. The number of carbonyl (C=O) groups excluding carboxylic acids is 1. The highest BCUT2D eigenvalue weighted by atomic mass is 32.1. The Morgan fingerprint density at radius 2 is 1.95 bits per heavy atom. The molecule has 0 saturated carbocycles. The van der Waals surface area contributed by atoms with Crippen molar-refractivity contribution < 1.29 is 4.79 Å². The smallest absolute Gasteiger partial charge is 0.237 e. The van der Waals surface area contributed by atoms with Gasteiger partial charge >= 0.3 is 0 Å². The van der Waals surface area contributed by atoms with E-state index in [-0.39, 0.29) is 18.0 Å². The van der Waals surface area contributed by atoms with E-state index in [1.54, 1.807) is 11.3 Å². The molecule has 0 aliphatic carbocycles. The lowest BCUT2D eigenvalue weighted by atomic mass is 10.1. The lowest BCUT2D eigenvalue weighted by Gasteiger charge is -2.23. The van der Waals surface area contributed by atoms with E-state index in [9.17, 15) is 4.79 Å². The van der Waals surface area contributed by atoms with Crippen LogP contribution in [0.5, 0.6) is 0 Å². The molecule has 0 aromatic carbocycles. The number of hydrogen-bond donors (Lipinski definition) is 2. The molecule has 2 N–H and O–H groups in total. The molecule has 3 nitrogen and oxygen atoms in total. The summed E-state index contributed by atoms with van der Waals surface area (Å²) in [4.78, 5) is 13.4. The lowest BCUT2D eigenvalue weighted by molar-refractivity contribution is -0.123. The molecule has 0 spiro atoms. The average Bonchev–Trinajstić information content (AvgIpc) is 2.95. The molecule has 2 unspecified atom stereocenters. The SMILES string of the molecule is CCC(CC)NC(=O)C(C)NC(CC)c1cccs1. The third-order valence-electron chi connectivity index (χ3n) is 3.47. The maximum absolute atomic E-state index is 12.1. The van der Waals surface area contributed by atoms with Gasteiger partial charge in [-0.2, -0.15) is 0 Å².